The SMILES string of the molecule is CC(C(=O)N(CCS(C)(=O)=O)C(C)(C)C)c1cccc(F)c1. The number of hydrogen-bond acceptors (Lipinski definition) is 3. The topological polar surface area (TPSA) is 54.5 Å². The first-order chi connectivity index (χ1) is 9.92. The molecule has 0 aromatic heterocycles. The molecule has 0 spiro atoms. The highest BCUT2D eigenvalue weighted by Crippen LogP contribution is 2.23. The number of carbonyl (C=O) groups excluding carboxylic acids is 1. The largest absolute Gasteiger partial charge is 0.336 e. The Morgan fingerprint density at radius 2 is 1.91 bits per heavy atom. The molecule has 4 nitrogen and oxygen atoms in total. The molecule has 1 unspecified atom stereocenters. The van der Waals surface area contributed by atoms with E-state index >= 15 is 0 Å². The predicted molar refractivity (Wildman–Crippen MR) is 86.0 cm³/mol. The van der Waals surface area contributed by atoms with Crippen LogP contribution in [0.25, 0.3) is 0 Å². The lowest BCUT2D eigenvalue weighted by Gasteiger charge is -2.37. The average Bonchev–Trinajstić information content (AvgIpc) is 2.34. The van der Waals surface area contributed by atoms with E-state index in [1.165, 1.54) is 12.1 Å². The molecule has 0 aliphatic heterocycles. The molecular formula is C16H24FNO3S. The number of nitrogens with zero attached hydrogens (tertiary/aromatic N) is 1. The molecule has 0 saturated heterocycles. The fourth-order valence-corrected chi connectivity index (χ4v) is 2.70. The molecule has 0 aliphatic rings. The van der Waals surface area contributed by atoms with E-state index in [9.17, 15) is 17.6 Å². The number of sulfone groups is 1. The van der Waals surface area contributed by atoms with E-state index in [4.69, 9.17) is 0 Å². The molecule has 124 valence electrons. The van der Waals surface area contributed by atoms with Gasteiger partial charge in [0.05, 0.1) is 11.7 Å². The molecule has 0 N–H and O–H groups in total. The molecule has 1 aromatic rings. The van der Waals surface area contributed by atoms with Gasteiger partial charge in [0.1, 0.15) is 15.7 Å². The molecule has 1 amide bonds. The van der Waals surface area contributed by atoms with Crippen molar-refractivity contribution in [1.82, 2.24) is 4.90 Å². The molecule has 1 aromatic carbocycles. The first kappa shape index (κ1) is 18.6. The Morgan fingerprint density at radius 1 is 1.32 bits per heavy atom. The Hall–Kier alpha value is -1.43. The minimum Gasteiger partial charge on any atom is -0.336 e. The third-order valence-corrected chi connectivity index (χ3v) is 4.40. The maximum atomic E-state index is 13.3. The fraction of sp³-hybridized carbons (Fsp3) is 0.562. The zero-order valence-electron chi connectivity index (χ0n) is 13.8. The van der Waals surface area contributed by atoms with Crippen molar-refractivity contribution in [3.8, 4) is 0 Å². The molecule has 0 fully saturated rings. The Kier molecular flexibility index (Phi) is 5.73. The van der Waals surface area contributed by atoms with Gasteiger partial charge < -0.3 is 4.90 Å². The molecule has 0 heterocycles. The second kappa shape index (κ2) is 6.77. The molecule has 0 aliphatic carbocycles. The number of amides is 1. The van der Waals surface area contributed by atoms with Crippen molar-refractivity contribution < 1.29 is 17.6 Å². The molecular weight excluding hydrogens is 305 g/mol. The van der Waals surface area contributed by atoms with Crippen LogP contribution in [-0.4, -0.2) is 43.3 Å². The minimum atomic E-state index is -3.16. The highest BCUT2D eigenvalue weighted by molar-refractivity contribution is 7.90. The third-order valence-electron chi connectivity index (χ3n) is 3.48. The van der Waals surface area contributed by atoms with E-state index in [0.717, 1.165) is 6.26 Å². The molecule has 0 bridgehead atoms. The van der Waals surface area contributed by atoms with Crippen LogP contribution in [0.3, 0.4) is 0 Å². The lowest BCUT2D eigenvalue weighted by molar-refractivity contribution is -0.136. The van der Waals surface area contributed by atoms with Gasteiger partial charge in [-0.1, -0.05) is 12.1 Å². The number of hydrogen-bond donors (Lipinski definition) is 0. The van der Waals surface area contributed by atoms with Crippen LogP contribution >= 0.6 is 0 Å². The van der Waals surface area contributed by atoms with Crippen LogP contribution in [0, 0.1) is 5.82 Å². The van der Waals surface area contributed by atoms with E-state index < -0.39 is 27.1 Å². The van der Waals surface area contributed by atoms with Gasteiger partial charge in [0, 0.05) is 18.3 Å². The summed E-state index contributed by atoms with van der Waals surface area (Å²) in [5.41, 5.74) is 0.0715. The highest BCUT2D eigenvalue weighted by atomic mass is 32.2. The van der Waals surface area contributed by atoms with Crippen LogP contribution in [0.15, 0.2) is 24.3 Å². The van der Waals surface area contributed by atoms with Gasteiger partial charge in [-0.3, -0.25) is 4.79 Å². The smallest absolute Gasteiger partial charge is 0.230 e. The lowest BCUT2D eigenvalue weighted by atomic mass is 9.96. The van der Waals surface area contributed by atoms with Crippen molar-refractivity contribution in [2.75, 3.05) is 18.6 Å². The van der Waals surface area contributed by atoms with Crippen LogP contribution in [0.4, 0.5) is 4.39 Å². The van der Waals surface area contributed by atoms with Crippen molar-refractivity contribution in [3.05, 3.63) is 35.6 Å². The quantitative estimate of drug-likeness (QED) is 0.834. The zero-order valence-corrected chi connectivity index (χ0v) is 14.6. The summed E-state index contributed by atoms with van der Waals surface area (Å²) in [5.74, 6) is -1.22. The minimum absolute atomic E-state index is 0.0914. The Balaban J connectivity index is 3.01. The number of benzene rings is 1. The van der Waals surface area contributed by atoms with Crippen molar-refractivity contribution in [1.29, 1.82) is 0 Å². The van der Waals surface area contributed by atoms with Gasteiger partial charge >= 0.3 is 0 Å². The first-order valence-electron chi connectivity index (χ1n) is 7.16. The number of halogens is 1. The number of carbonyl (C=O) groups is 1. The van der Waals surface area contributed by atoms with Gasteiger partial charge in [0.2, 0.25) is 5.91 Å². The van der Waals surface area contributed by atoms with Crippen LogP contribution in [0.2, 0.25) is 0 Å². The standard InChI is InChI=1S/C16H24FNO3S/c1-12(13-7-6-8-14(17)11-13)15(19)18(16(2,3)4)9-10-22(5,20)21/h6-8,11-12H,9-10H2,1-5H3. The van der Waals surface area contributed by atoms with E-state index in [-0.39, 0.29) is 18.2 Å². The zero-order chi connectivity index (χ0) is 17.1. The normalized spacial score (nSPS) is 13.7. The van der Waals surface area contributed by atoms with Crippen molar-refractivity contribution in [3.63, 3.8) is 0 Å². The highest BCUT2D eigenvalue weighted by Gasteiger charge is 2.31. The fourth-order valence-electron chi connectivity index (χ4n) is 2.19. The van der Waals surface area contributed by atoms with Crippen LogP contribution in [-0.2, 0) is 14.6 Å². The Bertz CT molecular complexity index is 635. The van der Waals surface area contributed by atoms with Crippen LogP contribution < -0.4 is 0 Å². The lowest BCUT2D eigenvalue weighted by Crippen LogP contribution is -2.49. The van der Waals surface area contributed by atoms with Gasteiger partial charge in [0.25, 0.3) is 0 Å². The van der Waals surface area contributed by atoms with Gasteiger partial charge in [-0.25, -0.2) is 12.8 Å². The maximum absolute atomic E-state index is 13.3. The first-order valence-corrected chi connectivity index (χ1v) is 9.22. The summed E-state index contributed by atoms with van der Waals surface area (Å²) >= 11 is 0. The molecule has 0 radical (unpaired) electrons. The maximum Gasteiger partial charge on any atom is 0.230 e. The van der Waals surface area contributed by atoms with Crippen molar-refractivity contribution >= 4 is 15.7 Å². The number of rotatable bonds is 5. The third kappa shape index (κ3) is 5.40. The summed E-state index contributed by atoms with van der Waals surface area (Å²) < 4.78 is 36.1. The predicted octanol–water partition coefficient (Wildman–Crippen LogP) is 2.60. The van der Waals surface area contributed by atoms with Gasteiger partial charge in [0.15, 0.2) is 0 Å². The van der Waals surface area contributed by atoms with E-state index in [2.05, 4.69) is 0 Å². The molecule has 0 saturated carbocycles. The van der Waals surface area contributed by atoms with Gasteiger partial charge in [-0.2, -0.15) is 0 Å². The van der Waals surface area contributed by atoms with E-state index in [0.29, 0.717) is 5.56 Å². The summed E-state index contributed by atoms with van der Waals surface area (Å²) in [4.78, 5) is 14.3. The molecule has 1 rings (SSSR count). The summed E-state index contributed by atoms with van der Waals surface area (Å²) in [6, 6.07) is 5.92. The monoisotopic (exact) mass is 329 g/mol. The van der Waals surface area contributed by atoms with Crippen molar-refractivity contribution in [2.24, 2.45) is 0 Å². The van der Waals surface area contributed by atoms with Crippen molar-refractivity contribution in [2.45, 2.75) is 39.2 Å². The van der Waals surface area contributed by atoms with E-state index in [1.807, 2.05) is 20.8 Å². The van der Waals surface area contributed by atoms with Gasteiger partial charge in [-0.15, -0.1) is 0 Å². The molecule has 1 atom stereocenters. The molecule has 22 heavy (non-hydrogen) atoms. The summed E-state index contributed by atoms with van der Waals surface area (Å²) in [7, 11) is -3.16. The van der Waals surface area contributed by atoms with Crippen LogP contribution in [0.1, 0.15) is 39.2 Å². The van der Waals surface area contributed by atoms with Gasteiger partial charge in [-0.05, 0) is 45.4 Å². The Labute approximate surface area is 132 Å². The second-order valence-electron chi connectivity index (χ2n) is 6.57. The average molecular weight is 329 g/mol. The van der Waals surface area contributed by atoms with Crippen LogP contribution in [0.5, 0.6) is 0 Å². The summed E-state index contributed by atoms with van der Waals surface area (Å²) in [6.07, 6.45) is 1.15. The molecule has 6 heteroatoms. The Morgan fingerprint density at radius 3 is 2.36 bits per heavy atom. The summed E-state index contributed by atoms with van der Waals surface area (Å²) in [6.45, 7) is 7.39. The summed E-state index contributed by atoms with van der Waals surface area (Å²) in [5, 5.41) is 0. The van der Waals surface area contributed by atoms with E-state index in [1.54, 1.807) is 24.0 Å². The second-order valence-corrected chi connectivity index (χ2v) is 8.83.